The zero-order valence-electron chi connectivity index (χ0n) is 9.67. The Bertz CT molecular complexity index is 170. The number of hydrogen-bond acceptors (Lipinski definition) is 2. The second-order valence-corrected chi connectivity index (χ2v) is 4.80. The molecule has 0 fully saturated rings. The Morgan fingerprint density at radius 1 is 1.43 bits per heavy atom. The molecule has 0 saturated heterocycles. The van der Waals surface area contributed by atoms with Crippen LogP contribution in [0.25, 0.3) is 0 Å². The molecule has 14 heavy (non-hydrogen) atoms. The summed E-state index contributed by atoms with van der Waals surface area (Å²) in [5.41, 5.74) is 0.204. The number of carboxylic acids is 1. The van der Waals surface area contributed by atoms with Crippen LogP contribution >= 0.6 is 0 Å². The Morgan fingerprint density at radius 2 is 2.00 bits per heavy atom. The Balaban J connectivity index is 3.77. The van der Waals surface area contributed by atoms with Gasteiger partial charge in [-0.05, 0) is 18.3 Å². The van der Waals surface area contributed by atoms with E-state index in [1.165, 1.54) is 0 Å². The lowest BCUT2D eigenvalue weighted by atomic mass is 9.93. The number of aliphatic carboxylic acids is 1. The van der Waals surface area contributed by atoms with Gasteiger partial charge in [0, 0.05) is 6.61 Å². The molecule has 0 amide bonds. The Hall–Kier alpha value is -0.570. The maximum absolute atomic E-state index is 10.7. The number of ether oxygens (including phenoxy) is 1. The summed E-state index contributed by atoms with van der Waals surface area (Å²) in [6.45, 7) is 8.84. The van der Waals surface area contributed by atoms with Crippen LogP contribution < -0.4 is 0 Å². The number of hydrogen-bond donors (Lipinski definition) is 1. The predicted molar refractivity (Wildman–Crippen MR) is 56.4 cm³/mol. The van der Waals surface area contributed by atoms with Crippen LogP contribution in [0.5, 0.6) is 0 Å². The van der Waals surface area contributed by atoms with Gasteiger partial charge in [0.25, 0.3) is 0 Å². The van der Waals surface area contributed by atoms with Crippen LogP contribution in [-0.4, -0.2) is 23.8 Å². The van der Waals surface area contributed by atoms with Crippen molar-refractivity contribution in [2.45, 2.75) is 53.1 Å². The SMILES string of the molecule is CCCC(OCCC(C)(C)C)C(=O)O. The highest BCUT2D eigenvalue weighted by atomic mass is 16.5. The quantitative estimate of drug-likeness (QED) is 0.720. The van der Waals surface area contributed by atoms with E-state index >= 15 is 0 Å². The van der Waals surface area contributed by atoms with Gasteiger partial charge in [-0.1, -0.05) is 34.1 Å². The lowest BCUT2D eigenvalue weighted by Gasteiger charge is -2.19. The molecule has 1 unspecified atom stereocenters. The molecule has 0 rings (SSSR count). The van der Waals surface area contributed by atoms with Crippen LogP contribution in [-0.2, 0) is 9.53 Å². The zero-order valence-corrected chi connectivity index (χ0v) is 9.67. The molecule has 3 heteroatoms. The fourth-order valence-electron chi connectivity index (χ4n) is 1.05. The van der Waals surface area contributed by atoms with E-state index in [4.69, 9.17) is 9.84 Å². The van der Waals surface area contributed by atoms with Crippen molar-refractivity contribution in [3.63, 3.8) is 0 Å². The first-order chi connectivity index (χ1) is 6.37. The molecule has 0 spiro atoms. The summed E-state index contributed by atoms with van der Waals surface area (Å²) in [6, 6.07) is 0. The molecule has 0 saturated carbocycles. The van der Waals surface area contributed by atoms with Gasteiger partial charge in [0.15, 0.2) is 6.10 Å². The summed E-state index contributed by atoms with van der Waals surface area (Å²) >= 11 is 0. The summed E-state index contributed by atoms with van der Waals surface area (Å²) in [5.74, 6) is -0.847. The van der Waals surface area contributed by atoms with Crippen molar-refractivity contribution in [2.75, 3.05) is 6.61 Å². The highest BCUT2D eigenvalue weighted by Crippen LogP contribution is 2.18. The third kappa shape index (κ3) is 6.89. The zero-order chi connectivity index (χ0) is 11.2. The number of carboxylic acid groups (broad SMARTS) is 1. The first-order valence-corrected chi connectivity index (χ1v) is 5.21. The van der Waals surface area contributed by atoms with Crippen molar-refractivity contribution in [1.29, 1.82) is 0 Å². The molecule has 1 N–H and O–H groups in total. The van der Waals surface area contributed by atoms with Gasteiger partial charge in [-0.3, -0.25) is 0 Å². The average molecular weight is 202 g/mol. The van der Waals surface area contributed by atoms with Crippen molar-refractivity contribution in [1.82, 2.24) is 0 Å². The average Bonchev–Trinajstić information content (AvgIpc) is 2.00. The number of carbonyl (C=O) groups is 1. The van der Waals surface area contributed by atoms with Gasteiger partial charge in [0.05, 0.1) is 0 Å². The van der Waals surface area contributed by atoms with Crippen LogP contribution in [0.4, 0.5) is 0 Å². The molecule has 0 bridgehead atoms. The van der Waals surface area contributed by atoms with Crippen LogP contribution in [0.3, 0.4) is 0 Å². The third-order valence-electron chi connectivity index (χ3n) is 2.00. The van der Waals surface area contributed by atoms with Crippen LogP contribution in [0.1, 0.15) is 47.0 Å². The standard InChI is InChI=1S/C11H22O3/c1-5-6-9(10(12)13)14-8-7-11(2,3)4/h9H,5-8H2,1-4H3,(H,12,13). The van der Waals surface area contributed by atoms with Gasteiger partial charge in [-0.2, -0.15) is 0 Å². The minimum atomic E-state index is -0.847. The molecular weight excluding hydrogens is 180 g/mol. The third-order valence-corrected chi connectivity index (χ3v) is 2.00. The van der Waals surface area contributed by atoms with Crippen molar-refractivity contribution in [3.05, 3.63) is 0 Å². The van der Waals surface area contributed by atoms with Gasteiger partial charge in [-0.25, -0.2) is 4.79 Å². The molecule has 84 valence electrons. The smallest absolute Gasteiger partial charge is 0.332 e. The van der Waals surface area contributed by atoms with Gasteiger partial charge >= 0.3 is 5.97 Å². The Morgan fingerprint density at radius 3 is 2.36 bits per heavy atom. The van der Waals surface area contributed by atoms with E-state index in [0.29, 0.717) is 13.0 Å². The van der Waals surface area contributed by atoms with E-state index in [-0.39, 0.29) is 5.41 Å². The summed E-state index contributed by atoms with van der Waals surface area (Å²) < 4.78 is 5.32. The van der Waals surface area contributed by atoms with Gasteiger partial charge in [0.1, 0.15) is 0 Å². The van der Waals surface area contributed by atoms with Crippen molar-refractivity contribution in [2.24, 2.45) is 5.41 Å². The van der Waals surface area contributed by atoms with Crippen molar-refractivity contribution >= 4 is 5.97 Å². The van der Waals surface area contributed by atoms with E-state index in [0.717, 1.165) is 12.8 Å². The molecular formula is C11H22O3. The second kappa shape index (κ2) is 6.02. The van der Waals surface area contributed by atoms with Gasteiger partial charge < -0.3 is 9.84 Å². The fourth-order valence-corrected chi connectivity index (χ4v) is 1.05. The van der Waals surface area contributed by atoms with E-state index < -0.39 is 12.1 Å². The molecule has 0 aromatic carbocycles. The normalized spacial score (nSPS) is 14.0. The lowest BCUT2D eigenvalue weighted by Crippen LogP contribution is -2.25. The highest BCUT2D eigenvalue weighted by molar-refractivity contribution is 5.72. The Kier molecular flexibility index (Phi) is 5.77. The van der Waals surface area contributed by atoms with Crippen molar-refractivity contribution < 1.29 is 14.6 Å². The minimum Gasteiger partial charge on any atom is -0.479 e. The largest absolute Gasteiger partial charge is 0.479 e. The summed E-state index contributed by atoms with van der Waals surface area (Å²) in [4.78, 5) is 10.7. The van der Waals surface area contributed by atoms with Crippen LogP contribution in [0.15, 0.2) is 0 Å². The van der Waals surface area contributed by atoms with E-state index in [1.807, 2.05) is 6.92 Å². The molecule has 0 aromatic heterocycles. The highest BCUT2D eigenvalue weighted by Gasteiger charge is 2.18. The van der Waals surface area contributed by atoms with E-state index in [1.54, 1.807) is 0 Å². The maximum atomic E-state index is 10.7. The van der Waals surface area contributed by atoms with E-state index in [2.05, 4.69) is 20.8 Å². The molecule has 1 atom stereocenters. The van der Waals surface area contributed by atoms with Crippen molar-refractivity contribution in [3.8, 4) is 0 Å². The minimum absolute atomic E-state index is 0.204. The topological polar surface area (TPSA) is 46.5 Å². The first-order valence-electron chi connectivity index (χ1n) is 5.21. The lowest BCUT2D eigenvalue weighted by molar-refractivity contribution is -0.151. The predicted octanol–water partition coefficient (Wildman–Crippen LogP) is 2.69. The monoisotopic (exact) mass is 202 g/mol. The maximum Gasteiger partial charge on any atom is 0.332 e. The molecule has 0 aliphatic carbocycles. The first kappa shape index (κ1) is 13.4. The summed E-state index contributed by atoms with van der Waals surface area (Å²) in [6.07, 6.45) is 1.70. The Labute approximate surface area is 86.5 Å². The van der Waals surface area contributed by atoms with Gasteiger partial charge in [-0.15, -0.1) is 0 Å². The second-order valence-electron chi connectivity index (χ2n) is 4.80. The number of rotatable bonds is 6. The molecule has 0 aliphatic heterocycles. The molecule has 0 heterocycles. The molecule has 0 radical (unpaired) electrons. The van der Waals surface area contributed by atoms with E-state index in [9.17, 15) is 4.79 Å². The molecule has 3 nitrogen and oxygen atoms in total. The molecule has 0 aliphatic rings. The molecule has 0 aromatic rings. The van der Waals surface area contributed by atoms with Gasteiger partial charge in [0.2, 0.25) is 0 Å². The van der Waals surface area contributed by atoms with Crippen LogP contribution in [0, 0.1) is 5.41 Å². The van der Waals surface area contributed by atoms with Crippen LogP contribution in [0.2, 0.25) is 0 Å². The summed E-state index contributed by atoms with van der Waals surface area (Å²) in [5, 5.41) is 8.81. The summed E-state index contributed by atoms with van der Waals surface area (Å²) in [7, 11) is 0. The fraction of sp³-hybridized carbons (Fsp3) is 0.909.